The van der Waals surface area contributed by atoms with E-state index < -0.39 is 0 Å². The lowest BCUT2D eigenvalue weighted by Gasteiger charge is -2.34. The van der Waals surface area contributed by atoms with Crippen LogP contribution in [-0.2, 0) is 6.42 Å². The van der Waals surface area contributed by atoms with E-state index in [2.05, 4.69) is 30.1 Å². The second-order valence-electron chi connectivity index (χ2n) is 6.25. The van der Waals surface area contributed by atoms with Gasteiger partial charge in [0.1, 0.15) is 0 Å². The molecule has 1 atom stereocenters. The predicted octanol–water partition coefficient (Wildman–Crippen LogP) is 2.30. The quantitative estimate of drug-likeness (QED) is 0.896. The number of carbonyl (C=O) groups is 1. The van der Waals surface area contributed by atoms with Gasteiger partial charge in [-0.05, 0) is 74.9 Å². The van der Waals surface area contributed by atoms with E-state index in [1.54, 1.807) is 0 Å². The zero-order valence-corrected chi connectivity index (χ0v) is 12.5. The Morgan fingerprint density at radius 2 is 2.20 bits per heavy atom. The van der Waals surface area contributed by atoms with Crippen LogP contribution in [-0.4, -0.2) is 37.0 Å². The number of hydrogen-bond acceptors (Lipinski definition) is 2. The summed E-state index contributed by atoms with van der Waals surface area (Å²) in [6.07, 6.45) is 3.49. The molecule has 1 fully saturated rings. The van der Waals surface area contributed by atoms with Gasteiger partial charge in [0.15, 0.2) is 0 Å². The maximum Gasteiger partial charge on any atom is 0.254 e. The van der Waals surface area contributed by atoms with Gasteiger partial charge < -0.3 is 10.2 Å². The largest absolute Gasteiger partial charge is 0.338 e. The molecule has 2 heterocycles. The molecule has 2 aliphatic rings. The van der Waals surface area contributed by atoms with E-state index >= 15 is 0 Å². The van der Waals surface area contributed by atoms with Gasteiger partial charge in [-0.25, -0.2) is 0 Å². The average Bonchev–Trinajstić information content (AvgIpc) is 2.47. The number of aryl methyl sites for hydroxylation is 1. The first-order valence-corrected chi connectivity index (χ1v) is 7.76. The summed E-state index contributed by atoms with van der Waals surface area (Å²) in [5.74, 6) is 0.862. The summed E-state index contributed by atoms with van der Waals surface area (Å²) in [6.45, 7) is 8.25. The highest BCUT2D eigenvalue weighted by atomic mass is 16.2. The van der Waals surface area contributed by atoms with Crippen LogP contribution in [0, 0.1) is 19.8 Å². The summed E-state index contributed by atoms with van der Waals surface area (Å²) in [5.41, 5.74) is 4.80. The number of nitrogens with zero attached hydrogens (tertiary/aromatic N) is 1. The summed E-state index contributed by atoms with van der Waals surface area (Å²) >= 11 is 0. The van der Waals surface area contributed by atoms with Crippen molar-refractivity contribution in [2.45, 2.75) is 33.1 Å². The maximum absolute atomic E-state index is 12.7. The second-order valence-corrected chi connectivity index (χ2v) is 6.25. The minimum Gasteiger partial charge on any atom is -0.338 e. The Balaban J connectivity index is 1.77. The highest BCUT2D eigenvalue weighted by Gasteiger charge is 2.27. The van der Waals surface area contributed by atoms with E-state index in [0.717, 1.165) is 38.2 Å². The first-order valence-electron chi connectivity index (χ1n) is 7.76. The summed E-state index contributed by atoms with van der Waals surface area (Å²) in [7, 11) is 0. The molecule has 1 aromatic rings. The van der Waals surface area contributed by atoms with Gasteiger partial charge in [0.2, 0.25) is 0 Å². The number of hydrogen-bond donors (Lipinski definition) is 1. The van der Waals surface area contributed by atoms with Gasteiger partial charge in [-0.15, -0.1) is 0 Å². The molecule has 0 saturated carbocycles. The summed E-state index contributed by atoms with van der Waals surface area (Å²) in [6, 6.07) is 4.10. The predicted molar refractivity (Wildman–Crippen MR) is 81.1 cm³/mol. The van der Waals surface area contributed by atoms with Crippen molar-refractivity contribution in [1.82, 2.24) is 10.2 Å². The molecule has 1 N–H and O–H groups in total. The van der Waals surface area contributed by atoms with Gasteiger partial charge in [-0.1, -0.05) is 6.07 Å². The number of amides is 1. The molecule has 1 amide bonds. The SMILES string of the molecule is Cc1ccc2c(c1C)CCN(CC1CCCNC1)C2=O. The lowest BCUT2D eigenvalue weighted by atomic mass is 9.90. The fourth-order valence-electron chi connectivity index (χ4n) is 3.48. The molecule has 0 aromatic heterocycles. The summed E-state index contributed by atoms with van der Waals surface area (Å²) in [5, 5.41) is 3.44. The number of piperidine rings is 1. The van der Waals surface area contributed by atoms with Crippen LogP contribution in [0.15, 0.2) is 12.1 Å². The molecule has 0 bridgehead atoms. The van der Waals surface area contributed by atoms with Gasteiger partial charge in [0.25, 0.3) is 5.91 Å². The zero-order chi connectivity index (χ0) is 14.1. The summed E-state index contributed by atoms with van der Waals surface area (Å²) in [4.78, 5) is 14.7. The molecule has 3 rings (SSSR count). The Morgan fingerprint density at radius 1 is 1.35 bits per heavy atom. The van der Waals surface area contributed by atoms with Crippen LogP contribution >= 0.6 is 0 Å². The van der Waals surface area contributed by atoms with Crippen LogP contribution in [0.25, 0.3) is 0 Å². The Labute approximate surface area is 121 Å². The number of fused-ring (bicyclic) bond motifs is 1. The van der Waals surface area contributed by atoms with E-state index in [4.69, 9.17) is 0 Å². The monoisotopic (exact) mass is 272 g/mol. The molecule has 1 saturated heterocycles. The van der Waals surface area contributed by atoms with E-state index in [0.29, 0.717) is 5.92 Å². The number of carbonyl (C=O) groups excluding carboxylic acids is 1. The minimum absolute atomic E-state index is 0.236. The third kappa shape index (κ3) is 2.47. The van der Waals surface area contributed by atoms with Crippen molar-refractivity contribution in [2.75, 3.05) is 26.2 Å². The van der Waals surface area contributed by atoms with Gasteiger partial charge in [0, 0.05) is 18.7 Å². The van der Waals surface area contributed by atoms with E-state index in [9.17, 15) is 4.79 Å². The maximum atomic E-state index is 12.7. The molecular formula is C17H24N2O. The molecule has 20 heavy (non-hydrogen) atoms. The van der Waals surface area contributed by atoms with Crippen molar-refractivity contribution < 1.29 is 4.79 Å². The molecule has 3 nitrogen and oxygen atoms in total. The fourth-order valence-corrected chi connectivity index (χ4v) is 3.48. The van der Waals surface area contributed by atoms with Gasteiger partial charge >= 0.3 is 0 Å². The average molecular weight is 272 g/mol. The summed E-state index contributed by atoms with van der Waals surface area (Å²) < 4.78 is 0. The Bertz CT molecular complexity index is 518. The minimum atomic E-state index is 0.236. The Hall–Kier alpha value is -1.35. The Kier molecular flexibility index (Phi) is 3.79. The van der Waals surface area contributed by atoms with E-state index in [1.807, 2.05) is 6.07 Å². The highest BCUT2D eigenvalue weighted by Crippen LogP contribution is 2.25. The topological polar surface area (TPSA) is 32.3 Å². The lowest BCUT2D eigenvalue weighted by molar-refractivity contribution is 0.0701. The van der Waals surface area contributed by atoms with Gasteiger partial charge in [-0.2, -0.15) is 0 Å². The van der Waals surface area contributed by atoms with Crippen molar-refractivity contribution in [1.29, 1.82) is 0 Å². The van der Waals surface area contributed by atoms with Crippen LogP contribution in [0.3, 0.4) is 0 Å². The number of benzene rings is 1. The van der Waals surface area contributed by atoms with Crippen molar-refractivity contribution in [3.63, 3.8) is 0 Å². The fraction of sp³-hybridized carbons (Fsp3) is 0.588. The van der Waals surface area contributed by atoms with Gasteiger partial charge in [-0.3, -0.25) is 4.79 Å². The molecule has 0 spiro atoms. The lowest BCUT2D eigenvalue weighted by Crippen LogP contribution is -2.44. The third-order valence-electron chi connectivity index (χ3n) is 4.90. The molecule has 2 aliphatic heterocycles. The van der Waals surface area contributed by atoms with Crippen LogP contribution < -0.4 is 5.32 Å². The normalized spacial score (nSPS) is 22.8. The van der Waals surface area contributed by atoms with Crippen molar-refractivity contribution >= 4 is 5.91 Å². The van der Waals surface area contributed by atoms with Crippen LogP contribution in [0.5, 0.6) is 0 Å². The number of nitrogens with one attached hydrogen (secondary N) is 1. The molecular weight excluding hydrogens is 248 g/mol. The molecule has 3 heteroatoms. The molecule has 108 valence electrons. The number of rotatable bonds is 2. The second kappa shape index (κ2) is 5.57. The molecule has 1 unspecified atom stereocenters. The zero-order valence-electron chi connectivity index (χ0n) is 12.5. The van der Waals surface area contributed by atoms with E-state index in [1.165, 1.54) is 29.5 Å². The highest BCUT2D eigenvalue weighted by molar-refractivity contribution is 5.97. The molecule has 0 aliphatic carbocycles. The third-order valence-corrected chi connectivity index (χ3v) is 4.90. The van der Waals surface area contributed by atoms with Crippen molar-refractivity contribution in [3.8, 4) is 0 Å². The van der Waals surface area contributed by atoms with Crippen LogP contribution in [0.4, 0.5) is 0 Å². The molecule has 1 aromatic carbocycles. The first kappa shape index (κ1) is 13.6. The Morgan fingerprint density at radius 3 is 2.95 bits per heavy atom. The van der Waals surface area contributed by atoms with Crippen molar-refractivity contribution in [2.24, 2.45) is 5.92 Å². The van der Waals surface area contributed by atoms with Crippen LogP contribution in [0.1, 0.15) is 39.9 Å². The standard InChI is InChI=1S/C17H24N2O/c1-12-5-6-16-15(13(12)2)7-9-19(17(16)20)11-14-4-3-8-18-10-14/h5-6,14,18H,3-4,7-11H2,1-2H3. The van der Waals surface area contributed by atoms with Crippen molar-refractivity contribution in [3.05, 3.63) is 34.4 Å². The van der Waals surface area contributed by atoms with Gasteiger partial charge in [0.05, 0.1) is 0 Å². The molecule has 0 radical (unpaired) electrons. The van der Waals surface area contributed by atoms with E-state index in [-0.39, 0.29) is 5.91 Å². The van der Waals surface area contributed by atoms with Crippen LogP contribution in [0.2, 0.25) is 0 Å². The smallest absolute Gasteiger partial charge is 0.254 e. The first-order chi connectivity index (χ1) is 9.66.